The van der Waals surface area contributed by atoms with Gasteiger partial charge in [0.15, 0.2) is 0 Å². The molecule has 2 N–H and O–H groups in total. The molecular weight excluding hydrogens is 252 g/mol. The van der Waals surface area contributed by atoms with Gasteiger partial charge in [0.1, 0.15) is 5.76 Å². The molecule has 0 saturated heterocycles. The Labute approximate surface area is 119 Å². The van der Waals surface area contributed by atoms with Crippen molar-refractivity contribution in [3.8, 4) is 0 Å². The van der Waals surface area contributed by atoms with Crippen LogP contribution < -0.4 is 10.6 Å². The smallest absolute Gasteiger partial charge is 0.237 e. The number of benzene rings is 1. The van der Waals surface area contributed by atoms with Crippen molar-refractivity contribution in [1.29, 1.82) is 0 Å². The summed E-state index contributed by atoms with van der Waals surface area (Å²) in [7, 11) is 0. The van der Waals surface area contributed by atoms with Crippen LogP contribution in [-0.4, -0.2) is 11.9 Å². The van der Waals surface area contributed by atoms with Gasteiger partial charge in [-0.25, -0.2) is 0 Å². The summed E-state index contributed by atoms with van der Waals surface area (Å²) in [6.07, 6.45) is 1.60. The molecule has 0 aliphatic carbocycles. The van der Waals surface area contributed by atoms with E-state index in [0.717, 1.165) is 11.3 Å². The van der Waals surface area contributed by atoms with Gasteiger partial charge < -0.3 is 9.73 Å². The van der Waals surface area contributed by atoms with Crippen LogP contribution in [0.4, 0.5) is 0 Å². The van der Waals surface area contributed by atoms with Crippen molar-refractivity contribution < 1.29 is 9.21 Å². The van der Waals surface area contributed by atoms with Gasteiger partial charge in [-0.3, -0.25) is 10.1 Å². The third kappa shape index (κ3) is 3.96. The lowest BCUT2D eigenvalue weighted by molar-refractivity contribution is -0.123. The molecule has 1 amide bonds. The lowest BCUT2D eigenvalue weighted by atomic mass is 10.1. The first-order valence-electron chi connectivity index (χ1n) is 6.78. The summed E-state index contributed by atoms with van der Waals surface area (Å²) >= 11 is 0. The molecule has 2 aromatic rings. The first kappa shape index (κ1) is 14.3. The number of carbonyl (C=O) groups is 1. The molecule has 0 radical (unpaired) electrons. The second-order valence-corrected chi connectivity index (χ2v) is 4.82. The summed E-state index contributed by atoms with van der Waals surface area (Å²) in [5.41, 5.74) is 1.16. The first-order chi connectivity index (χ1) is 9.66. The lowest BCUT2D eigenvalue weighted by Gasteiger charge is -2.19. The maximum Gasteiger partial charge on any atom is 0.237 e. The average molecular weight is 272 g/mol. The van der Waals surface area contributed by atoms with E-state index in [-0.39, 0.29) is 18.0 Å². The highest BCUT2D eigenvalue weighted by atomic mass is 16.3. The minimum absolute atomic E-state index is 0.0378. The molecule has 4 nitrogen and oxygen atoms in total. The van der Waals surface area contributed by atoms with E-state index in [2.05, 4.69) is 10.6 Å². The lowest BCUT2D eigenvalue weighted by Crippen LogP contribution is -2.42. The van der Waals surface area contributed by atoms with Gasteiger partial charge in [-0.2, -0.15) is 0 Å². The van der Waals surface area contributed by atoms with Gasteiger partial charge in [0.25, 0.3) is 0 Å². The fourth-order valence-corrected chi connectivity index (χ4v) is 2.03. The minimum Gasteiger partial charge on any atom is -0.467 e. The third-order valence-electron chi connectivity index (χ3n) is 3.21. The second kappa shape index (κ2) is 6.91. The number of amides is 1. The highest BCUT2D eigenvalue weighted by Gasteiger charge is 2.16. The second-order valence-electron chi connectivity index (χ2n) is 4.82. The molecule has 0 bridgehead atoms. The quantitative estimate of drug-likeness (QED) is 0.850. The van der Waals surface area contributed by atoms with E-state index in [1.807, 2.05) is 50.2 Å². The van der Waals surface area contributed by atoms with Crippen LogP contribution in [0.3, 0.4) is 0 Å². The average Bonchev–Trinajstić information content (AvgIpc) is 2.98. The molecule has 0 saturated carbocycles. The molecule has 0 fully saturated rings. The van der Waals surface area contributed by atoms with E-state index in [1.165, 1.54) is 0 Å². The maximum absolute atomic E-state index is 12.0. The number of nitrogens with one attached hydrogen (secondary N) is 2. The summed E-state index contributed by atoms with van der Waals surface area (Å²) in [5.74, 6) is 0.714. The Morgan fingerprint density at radius 3 is 2.55 bits per heavy atom. The van der Waals surface area contributed by atoms with Gasteiger partial charge in [0.2, 0.25) is 5.91 Å². The zero-order chi connectivity index (χ0) is 14.4. The normalized spacial score (nSPS) is 13.7. The molecule has 0 aliphatic heterocycles. The van der Waals surface area contributed by atoms with Crippen molar-refractivity contribution in [3.05, 3.63) is 60.1 Å². The first-order valence-corrected chi connectivity index (χ1v) is 6.78. The Hall–Kier alpha value is -2.07. The number of hydrogen-bond donors (Lipinski definition) is 2. The Bertz CT molecular complexity index is 523. The molecule has 0 spiro atoms. The van der Waals surface area contributed by atoms with E-state index in [9.17, 15) is 4.79 Å². The Morgan fingerprint density at radius 2 is 1.90 bits per heavy atom. The fraction of sp³-hybridized carbons (Fsp3) is 0.312. The van der Waals surface area contributed by atoms with E-state index in [1.54, 1.807) is 12.3 Å². The molecular formula is C16H20N2O2. The predicted octanol–water partition coefficient (Wildman–Crippen LogP) is 2.64. The Balaban J connectivity index is 1.81. The number of furan rings is 1. The number of hydrogen-bond acceptors (Lipinski definition) is 3. The van der Waals surface area contributed by atoms with Crippen LogP contribution in [0.2, 0.25) is 0 Å². The van der Waals surface area contributed by atoms with Crippen LogP contribution >= 0.6 is 0 Å². The van der Waals surface area contributed by atoms with Crippen molar-refractivity contribution in [2.45, 2.75) is 32.5 Å². The van der Waals surface area contributed by atoms with Crippen molar-refractivity contribution in [3.63, 3.8) is 0 Å². The third-order valence-corrected chi connectivity index (χ3v) is 3.21. The van der Waals surface area contributed by atoms with Crippen LogP contribution in [0.25, 0.3) is 0 Å². The minimum atomic E-state index is -0.264. The standard InChI is InChI=1S/C16H20N2O2/c1-12(14-7-4-3-5-8-14)18-13(2)16(19)17-11-15-9-6-10-20-15/h3-10,12-13,18H,11H2,1-2H3,(H,17,19)/t12-,13?/m0/s1. The molecule has 20 heavy (non-hydrogen) atoms. The van der Waals surface area contributed by atoms with E-state index in [0.29, 0.717) is 6.54 Å². The molecule has 1 aromatic carbocycles. The van der Waals surface area contributed by atoms with Crippen molar-refractivity contribution >= 4 is 5.91 Å². The monoisotopic (exact) mass is 272 g/mol. The fourth-order valence-electron chi connectivity index (χ4n) is 2.03. The van der Waals surface area contributed by atoms with Gasteiger partial charge >= 0.3 is 0 Å². The molecule has 1 unspecified atom stereocenters. The molecule has 2 atom stereocenters. The van der Waals surface area contributed by atoms with Gasteiger partial charge in [0.05, 0.1) is 18.8 Å². The van der Waals surface area contributed by atoms with Gasteiger partial charge in [-0.15, -0.1) is 0 Å². The highest BCUT2D eigenvalue weighted by Crippen LogP contribution is 2.11. The van der Waals surface area contributed by atoms with Crippen molar-refractivity contribution in [1.82, 2.24) is 10.6 Å². The van der Waals surface area contributed by atoms with Crippen molar-refractivity contribution in [2.75, 3.05) is 0 Å². The summed E-state index contributed by atoms with van der Waals surface area (Å²) in [6, 6.07) is 13.6. The van der Waals surface area contributed by atoms with Crippen LogP contribution in [0.1, 0.15) is 31.2 Å². The molecule has 1 heterocycles. The van der Waals surface area contributed by atoms with Crippen LogP contribution in [0.15, 0.2) is 53.1 Å². The molecule has 106 valence electrons. The molecule has 1 aromatic heterocycles. The predicted molar refractivity (Wildman–Crippen MR) is 78.0 cm³/mol. The van der Waals surface area contributed by atoms with E-state index >= 15 is 0 Å². The molecule has 4 heteroatoms. The van der Waals surface area contributed by atoms with Crippen LogP contribution in [0, 0.1) is 0 Å². The Morgan fingerprint density at radius 1 is 1.15 bits per heavy atom. The highest BCUT2D eigenvalue weighted by molar-refractivity contribution is 5.81. The number of rotatable bonds is 6. The summed E-state index contributed by atoms with van der Waals surface area (Å²) in [6.45, 7) is 4.32. The van der Waals surface area contributed by atoms with Gasteiger partial charge in [-0.1, -0.05) is 30.3 Å². The zero-order valence-corrected chi connectivity index (χ0v) is 11.8. The largest absolute Gasteiger partial charge is 0.467 e. The van der Waals surface area contributed by atoms with Gasteiger partial charge in [0, 0.05) is 6.04 Å². The number of carbonyl (C=O) groups excluding carboxylic acids is 1. The van der Waals surface area contributed by atoms with Crippen LogP contribution in [-0.2, 0) is 11.3 Å². The summed E-state index contributed by atoms with van der Waals surface area (Å²) in [5, 5.41) is 6.13. The van der Waals surface area contributed by atoms with Gasteiger partial charge in [-0.05, 0) is 31.5 Å². The molecule has 0 aliphatic rings. The summed E-state index contributed by atoms with van der Waals surface area (Å²) in [4.78, 5) is 12.0. The summed E-state index contributed by atoms with van der Waals surface area (Å²) < 4.78 is 5.18. The topological polar surface area (TPSA) is 54.3 Å². The van der Waals surface area contributed by atoms with E-state index < -0.39 is 0 Å². The molecule has 2 rings (SSSR count). The van der Waals surface area contributed by atoms with Crippen LogP contribution in [0.5, 0.6) is 0 Å². The zero-order valence-electron chi connectivity index (χ0n) is 11.8. The van der Waals surface area contributed by atoms with Crippen molar-refractivity contribution in [2.24, 2.45) is 0 Å². The van der Waals surface area contributed by atoms with E-state index in [4.69, 9.17) is 4.42 Å². The Kier molecular flexibility index (Phi) is 4.96. The maximum atomic E-state index is 12.0. The SMILES string of the molecule is CC(N[C@@H](C)c1ccccc1)C(=O)NCc1ccco1.